The molecule has 2 rings (SSSR count). The van der Waals surface area contributed by atoms with Gasteiger partial charge in [-0.25, -0.2) is 4.79 Å². The second kappa shape index (κ2) is 9.64. The van der Waals surface area contributed by atoms with E-state index in [2.05, 4.69) is 5.32 Å². The van der Waals surface area contributed by atoms with Crippen LogP contribution in [0.5, 0.6) is 5.75 Å². The molecule has 0 fully saturated rings. The van der Waals surface area contributed by atoms with E-state index >= 15 is 0 Å². The molecule has 0 saturated carbocycles. The Hall–Kier alpha value is -1.99. The van der Waals surface area contributed by atoms with Crippen LogP contribution in [0.15, 0.2) is 27.4 Å². The first-order valence-corrected chi connectivity index (χ1v) is 9.89. The summed E-state index contributed by atoms with van der Waals surface area (Å²) in [4.78, 5) is 24.4. The zero-order chi connectivity index (χ0) is 19.1. The number of aliphatic hydroxyl groups is 1. The second-order valence-corrected chi connectivity index (χ2v) is 7.07. The molecule has 26 heavy (non-hydrogen) atoms. The van der Waals surface area contributed by atoms with Crippen LogP contribution in [0.2, 0.25) is 0 Å². The number of carbonyl (C=O) groups is 1. The van der Waals surface area contributed by atoms with Gasteiger partial charge >= 0.3 is 5.63 Å². The van der Waals surface area contributed by atoms with Crippen LogP contribution < -0.4 is 15.7 Å². The van der Waals surface area contributed by atoms with Gasteiger partial charge < -0.3 is 19.6 Å². The number of benzene rings is 1. The zero-order valence-corrected chi connectivity index (χ0v) is 16.1. The minimum atomic E-state index is -0.433. The molecule has 1 atom stereocenters. The standard InChI is InChI=1S/C19H25NO5S/c1-12-15-5-4-14(24-2)10-17(15)25-19(23)16(12)6-7-18(22)20-13(11-21)8-9-26-3/h4-5,10,13,21H,6-9,11H2,1-3H3,(H,20,22). The molecule has 1 heterocycles. The number of rotatable bonds is 9. The van der Waals surface area contributed by atoms with E-state index in [1.807, 2.05) is 25.3 Å². The molecule has 1 amide bonds. The van der Waals surface area contributed by atoms with Gasteiger partial charge in [0.05, 0.1) is 19.8 Å². The number of ether oxygens (including phenoxy) is 1. The van der Waals surface area contributed by atoms with Crippen LogP contribution in [0.25, 0.3) is 11.0 Å². The highest BCUT2D eigenvalue weighted by molar-refractivity contribution is 7.98. The van der Waals surface area contributed by atoms with Crippen LogP contribution in [-0.4, -0.2) is 42.8 Å². The molecule has 7 heteroatoms. The molecule has 0 radical (unpaired) electrons. The van der Waals surface area contributed by atoms with Crippen molar-refractivity contribution >= 4 is 28.6 Å². The van der Waals surface area contributed by atoms with E-state index in [-0.39, 0.29) is 25.0 Å². The summed E-state index contributed by atoms with van der Waals surface area (Å²) in [7, 11) is 1.55. The summed E-state index contributed by atoms with van der Waals surface area (Å²) in [5.41, 5.74) is 1.35. The number of hydrogen-bond donors (Lipinski definition) is 2. The summed E-state index contributed by atoms with van der Waals surface area (Å²) in [6, 6.07) is 5.08. The van der Waals surface area contributed by atoms with Gasteiger partial charge in [-0.2, -0.15) is 11.8 Å². The molecule has 0 bridgehead atoms. The van der Waals surface area contributed by atoms with E-state index < -0.39 is 5.63 Å². The fourth-order valence-corrected chi connectivity index (χ4v) is 3.32. The van der Waals surface area contributed by atoms with Gasteiger partial charge in [-0.1, -0.05) is 0 Å². The normalized spacial score (nSPS) is 12.2. The molecule has 0 saturated heterocycles. The molecule has 1 aromatic carbocycles. The van der Waals surface area contributed by atoms with Crippen molar-refractivity contribution in [1.29, 1.82) is 0 Å². The van der Waals surface area contributed by atoms with Crippen LogP contribution >= 0.6 is 11.8 Å². The fraction of sp³-hybridized carbons (Fsp3) is 0.474. The van der Waals surface area contributed by atoms with Gasteiger partial charge in [0.1, 0.15) is 11.3 Å². The average Bonchev–Trinajstić information content (AvgIpc) is 2.64. The summed E-state index contributed by atoms with van der Waals surface area (Å²) in [5, 5.41) is 13.0. The Kier molecular flexibility index (Phi) is 7.53. The number of amides is 1. The van der Waals surface area contributed by atoms with Crippen molar-refractivity contribution in [2.45, 2.75) is 32.2 Å². The topological polar surface area (TPSA) is 88.8 Å². The fourth-order valence-electron chi connectivity index (χ4n) is 2.80. The summed E-state index contributed by atoms with van der Waals surface area (Å²) in [6.07, 6.45) is 3.15. The van der Waals surface area contributed by atoms with Crippen molar-refractivity contribution < 1.29 is 19.1 Å². The van der Waals surface area contributed by atoms with Crippen molar-refractivity contribution in [1.82, 2.24) is 5.32 Å². The molecule has 1 unspecified atom stereocenters. The van der Waals surface area contributed by atoms with Crippen molar-refractivity contribution in [3.8, 4) is 5.75 Å². The minimum Gasteiger partial charge on any atom is -0.497 e. The van der Waals surface area contributed by atoms with Gasteiger partial charge in [-0.15, -0.1) is 0 Å². The van der Waals surface area contributed by atoms with E-state index in [4.69, 9.17) is 9.15 Å². The van der Waals surface area contributed by atoms with E-state index in [1.54, 1.807) is 24.9 Å². The molecule has 0 spiro atoms. The van der Waals surface area contributed by atoms with E-state index in [1.165, 1.54) is 0 Å². The maximum atomic E-state index is 12.3. The molecule has 0 aliphatic rings. The lowest BCUT2D eigenvalue weighted by atomic mass is 10.0. The molecule has 0 aliphatic carbocycles. The van der Waals surface area contributed by atoms with Gasteiger partial charge in [-0.05, 0) is 49.5 Å². The van der Waals surface area contributed by atoms with Gasteiger partial charge in [-0.3, -0.25) is 4.79 Å². The number of aliphatic hydroxyl groups excluding tert-OH is 1. The Bertz CT molecular complexity index is 817. The second-order valence-electron chi connectivity index (χ2n) is 6.08. The third-order valence-electron chi connectivity index (χ3n) is 4.35. The number of fused-ring (bicyclic) bond motifs is 1. The Morgan fingerprint density at radius 3 is 2.85 bits per heavy atom. The van der Waals surface area contributed by atoms with E-state index in [0.717, 1.165) is 16.7 Å². The van der Waals surface area contributed by atoms with E-state index in [9.17, 15) is 14.7 Å². The van der Waals surface area contributed by atoms with Gasteiger partial charge in [0.2, 0.25) is 5.91 Å². The number of thioether (sulfide) groups is 1. The molecule has 2 aromatic rings. The minimum absolute atomic E-state index is 0.0920. The highest BCUT2D eigenvalue weighted by Crippen LogP contribution is 2.24. The van der Waals surface area contributed by atoms with Crippen molar-refractivity contribution in [2.24, 2.45) is 0 Å². The highest BCUT2D eigenvalue weighted by Gasteiger charge is 2.15. The van der Waals surface area contributed by atoms with E-state index in [0.29, 0.717) is 29.7 Å². The Morgan fingerprint density at radius 2 is 2.19 bits per heavy atom. The summed E-state index contributed by atoms with van der Waals surface area (Å²) in [6.45, 7) is 1.76. The maximum absolute atomic E-state index is 12.3. The molecular weight excluding hydrogens is 354 g/mol. The monoisotopic (exact) mass is 379 g/mol. The molecule has 1 aromatic heterocycles. The maximum Gasteiger partial charge on any atom is 0.339 e. The largest absolute Gasteiger partial charge is 0.497 e. The van der Waals surface area contributed by atoms with Crippen LogP contribution in [0, 0.1) is 6.92 Å². The van der Waals surface area contributed by atoms with Crippen LogP contribution in [0.3, 0.4) is 0 Å². The van der Waals surface area contributed by atoms with Crippen LogP contribution in [0.1, 0.15) is 24.0 Å². The Morgan fingerprint density at radius 1 is 1.42 bits per heavy atom. The predicted octanol–water partition coefficient (Wildman–Crippen LogP) is 2.27. The summed E-state index contributed by atoms with van der Waals surface area (Å²) < 4.78 is 10.5. The first-order valence-electron chi connectivity index (χ1n) is 8.49. The SMILES string of the molecule is COc1ccc2c(C)c(CCC(=O)NC(CO)CCSC)c(=O)oc2c1. The zero-order valence-electron chi connectivity index (χ0n) is 15.3. The number of nitrogens with one attached hydrogen (secondary N) is 1. The van der Waals surface area contributed by atoms with Crippen LogP contribution in [0.4, 0.5) is 0 Å². The van der Waals surface area contributed by atoms with Crippen molar-refractivity contribution in [3.05, 3.63) is 39.7 Å². The third-order valence-corrected chi connectivity index (χ3v) is 5.00. The highest BCUT2D eigenvalue weighted by atomic mass is 32.2. The number of hydrogen-bond acceptors (Lipinski definition) is 6. The molecule has 0 aliphatic heterocycles. The average molecular weight is 379 g/mol. The smallest absolute Gasteiger partial charge is 0.339 e. The molecular formula is C19H25NO5S. The third kappa shape index (κ3) is 5.02. The summed E-state index contributed by atoms with van der Waals surface area (Å²) in [5.74, 6) is 1.30. The number of carbonyl (C=O) groups excluding carboxylic acids is 1. The lowest BCUT2D eigenvalue weighted by Gasteiger charge is -2.16. The first kappa shape index (κ1) is 20.3. The van der Waals surface area contributed by atoms with Gasteiger partial charge in [0.15, 0.2) is 0 Å². The summed E-state index contributed by atoms with van der Waals surface area (Å²) >= 11 is 1.67. The van der Waals surface area contributed by atoms with Crippen LogP contribution in [-0.2, 0) is 11.2 Å². The molecule has 2 N–H and O–H groups in total. The number of aryl methyl sites for hydroxylation is 1. The number of methoxy groups -OCH3 is 1. The Balaban J connectivity index is 2.10. The predicted molar refractivity (Wildman–Crippen MR) is 104 cm³/mol. The lowest BCUT2D eigenvalue weighted by Crippen LogP contribution is -2.38. The molecule has 6 nitrogen and oxygen atoms in total. The van der Waals surface area contributed by atoms with Gasteiger partial charge in [0.25, 0.3) is 0 Å². The Labute approximate surface area is 156 Å². The van der Waals surface area contributed by atoms with Crippen molar-refractivity contribution in [3.63, 3.8) is 0 Å². The van der Waals surface area contributed by atoms with Gasteiger partial charge in [0, 0.05) is 23.4 Å². The molecule has 142 valence electrons. The quantitative estimate of drug-likeness (QED) is 0.650. The first-order chi connectivity index (χ1) is 12.5. The van der Waals surface area contributed by atoms with Crippen molar-refractivity contribution in [2.75, 3.05) is 25.7 Å². The lowest BCUT2D eigenvalue weighted by molar-refractivity contribution is -0.122.